The SMILES string of the molecule is COc1ccc(CNC(=O)c2sc(-c3ccc(C)cc3C)nc2C)c(OC)c1. The number of amides is 1. The van der Waals surface area contributed by atoms with Crippen LogP contribution in [-0.2, 0) is 6.54 Å². The minimum Gasteiger partial charge on any atom is -0.497 e. The first-order valence-corrected chi connectivity index (χ1v) is 9.78. The highest BCUT2D eigenvalue weighted by atomic mass is 32.1. The van der Waals surface area contributed by atoms with E-state index in [0.29, 0.717) is 22.9 Å². The van der Waals surface area contributed by atoms with Gasteiger partial charge in [-0.3, -0.25) is 4.79 Å². The second-order valence-corrected chi connectivity index (χ2v) is 7.61. The van der Waals surface area contributed by atoms with E-state index >= 15 is 0 Å². The van der Waals surface area contributed by atoms with Crippen LogP contribution >= 0.6 is 11.3 Å². The lowest BCUT2D eigenvalue weighted by Crippen LogP contribution is -2.22. The van der Waals surface area contributed by atoms with E-state index in [1.807, 2.05) is 19.1 Å². The van der Waals surface area contributed by atoms with Gasteiger partial charge in [-0.1, -0.05) is 23.8 Å². The number of nitrogens with zero attached hydrogens (tertiary/aromatic N) is 1. The van der Waals surface area contributed by atoms with Crippen molar-refractivity contribution in [2.24, 2.45) is 0 Å². The molecule has 0 atom stereocenters. The number of rotatable bonds is 6. The molecule has 28 heavy (non-hydrogen) atoms. The Morgan fingerprint density at radius 2 is 1.86 bits per heavy atom. The van der Waals surface area contributed by atoms with Crippen molar-refractivity contribution >= 4 is 17.2 Å². The third kappa shape index (κ3) is 4.17. The molecule has 3 aromatic rings. The Morgan fingerprint density at radius 3 is 2.54 bits per heavy atom. The Balaban J connectivity index is 1.78. The number of aryl methyl sites for hydroxylation is 3. The van der Waals surface area contributed by atoms with Gasteiger partial charge in [0.2, 0.25) is 0 Å². The number of hydrogen-bond acceptors (Lipinski definition) is 5. The molecule has 0 bridgehead atoms. The molecule has 0 saturated heterocycles. The van der Waals surface area contributed by atoms with Crippen LogP contribution in [0.4, 0.5) is 0 Å². The largest absolute Gasteiger partial charge is 0.497 e. The molecule has 0 aliphatic rings. The van der Waals surface area contributed by atoms with E-state index < -0.39 is 0 Å². The van der Waals surface area contributed by atoms with Gasteiger partial charge >= 0.3 is 0 Å². The smallest absolute Gasteiger partial charge is 0.263 e. The number of ether oxygens (including phenoxy) is 2. The monoisotopic (exact) mass is 396 g/mol. The second-order valence-electron chi connectivity index (χ2n) is 6.61. The fourth-order valence-electron chi connectivity index (χ4n) is 3.03. The summed E-state index contributed by atoms with van der Waals surface area (Å²) >= 11 is 1.42. The van der Waals surface area contributed by atoms with Crippen molar-refractivity contribution in [1.82, 2.24) is 10.3 Å². The molecule has 1 heterocycles. The van der Waals surface area contributed by atoms with Crippen molar-refractivity contribution in [3.8, 4) is 22.1 Å². The molecule has 0 aliphatic carbocycles. The summed E-state index contributed by atoms with van der Waals surface area (Å²) in [7, 11) is 3.21. The average molecular weight is 397 g/mol. The second kappa shape index (κ2) is 8.44. The van der Waals surface area contributed by atoms with Crippen molar-refractivity contribution in [3.63, 3.8) is 0 Å². The highest BCUT2D eigenvalue weighted by Gasteiger charge is 2.17. The molecule has 5 nitrogen and oxygen atoms in total. The van der Waals surface area contributed by atoms with Crippen LogP contribution in [0.1, 0.15) is 32.1 Å². The molecule has 0 fully saturated rings. The minimum absolute atomic E-state index is 0.135. The van der Waals surface area contributed by atoms with E-state index in [-0.39, 0.29) is 5.91 Å². The Bertz CT molecular complexity index is 1010. The molecule has 1 N–H and O–H groups in total. The highest BCUT2D eigenvalue weighted by Crippen LogP contribution is 2.31. The molecule has 6 heteroatoms. The molecule has 1 aromatic heterocycles. The zero-order valence-corrected chi connectivity index (χ0v) is 17.6. The third-order valence-electron chi connectivity index (χ3n) is 4.55. The van der Waals surface area contributed by atoms with Gasteiger partial charge in [-0.2, -0.15) is 0 Å². The van der Waals surface area contributed by atoms with Gasteiger partial charge in [0.25, 0.3) is 5.91 Å². The Kier molecular flexibility index (Phi) is 5.99. The van der Waals surface area contributed by atoms with Gasteiger partial charge in [-0.25, -0.2) is 4.98 Å². The van der Waals surface area contributed by atoms with Crippen molar-refractivity contribution in [1.29, 1.82) is 0 Å². The maximum absolute atomic E-state index is 12.7. The van der Waals surface area contributed by atoms with Crippen molar-refractivity contribution < 1.29 is 14.3 Å². The Hall–Kier alpha value is -2.86. The summed E-state index contributed by atoms with van der Waals surface area (Å²) in [5.41, 5.74) is 5.05. The molecule has 0 radical (unpaired) electrons. The number of hydrogen-bond donors (Lipinski definition) is 1. The first-order valence-electron chi connectivity index (χ1n) is 8.97. The van der Waals surface area contributed by atoms with Crippen molar-refractivity contribution in [2.75, 3.05) is 14.2 Å². The van der Waals surface area contributed by atoms with Gasteiger partial charge in [-0.15, -0.1) is 11.3 Å². The lowest BCUT2D eigenvalue weighted by atomic mass is 10.1. The third-order valence-corrected chi connectivity index (χ3v) is 5.74. The molecule has 0 spiro atoms. The topological polar surface area (TPSA) is 60.5 Å². The van der Waals surface area contributed by atoms with E-state index in [2.05, 4.69) is 42.3 Å². The predicted octanol–water partition coefficient (Wildman–Crippen LogP) is 4.68. The predicted molar refractivity (Wildman–Crippen MR) is 112 cm³/mol. The molecule has 2 aromatic carbocycles. The van der Waals surface area contributed by atoms with Gasteiger partial charge in [0.15, 0.2) is 0 Å². The fraction of sp³-hybridized carbons (Fsp3) is 0.273. The van der Waals surface area contributed by atoms with Crippen molar-refractivity contribution in [3.05, 3.63) is 63.7 Å². The molecule has 3 rings (SSSR count). The highest BCUT2D eigenvalue weighted by molar-refractivity contribution is 7.17. The van der Waals surface area contributed by atoms with E-state index in [9.17, 15) is 4.79 Å². The van der Waals surface area contributed by atoms with Gasteiger partial charge in [0, 0.05) is 23.7 Å². The molecule has 0 unspecified atom stereocenters. The molecular formula is C22H24N2O3S. The molecule has 0 aliphatic heterocycles. The summed E-state index contributed by atoms with van der Waals surface area (Å²) in [6.45, 7) is 6.36. The van der Waals surface area contributed by atoms with Gasteiger partial charge in [0.05, 0.1) is 19.9 Å². The van der Waals surface area contributed by atoms with Crippen LogP contribution in [0.5, 0.6) is 11.5 Å². The Labute approximate surface area is 169 Å². The summed E-state index contributed by atoms with van der Waals surface area (Å²) in [6.07, 6.45) is 0. The molecule has 1 amide bonds. The normalized spacial score (nSPS) is 10.6. The molecule has 0 saturated carbocycles. The van der Waals surface area contributed by atoms with E-state index in [4.69, 9.17) is 9.47 Å². The number of nitrogens with one attached hydrogen (secondary N) is 1. The lowest BCUT2D eigenvalue weighted by molar-refractivity contribution is 0.0954. The fourth-order valence-corrected chi connectivity index (χ4v) is 4.10. The van der Waals surface area contributed by atoms with Crippen LogP contribution in [0.15, 0.2) is 36.4 Å². The van der Waals surface area contributed by atoms with E-state index in [1.54, 1.807) is 20.3 Å². The van der Waals surface area contributed by atoms with E-state index in [1.165, 1.54) is 16.9 Å². The standard InChI is InChI=1S/C22H24N2O3S/c1-13-6-9-18(14(2)10-13)22-24-15(3)20(28-22)21(25)23-12-16-7-8-17(26-4)11-19(16)27-5/h6-11H,12H2,1-5H3,(H,23,25). The first kappa shape index (κ1) is 19.9. The minimum atomic E-state index is -0.135. The Morgan fingerprint density at radius 1 is 1.07 bits per heavy atom. The first-order chi connectivity index (χ1) is 13.4. The van der Waals surface area contributed by atoms with Gasteiger partial charge in [-0.05, 0) is 38.5 Å². The number of carbonyl (C=O) groups is 1. The van der Waals surface area contributed by atoms with Crippen LogP contribution in [-0.4, -0.2) is 25.1 Å². The molecular weight excluding hydrogens is 372 g/mol. The summed E-state index contributed by atoms with van der Waals surface area (Å²) in [5.74, 6) is 1.25. The number of thiazole rings is 1. The van der Waals surface area contributed by atoms with Crippen LogP contribution in [0, 0.1) is 20.8 Å². The summed E-state index contributed by atoms with van der Waals surface area (Å²) in [5, 5.41) is 3.83. The van der Waals surface area contributed by atoms with Crippen LogP contribution in [0.3, 0.4) is 0 Å². The number of carbonyl (C=O) groups excluding carboxylic acids is 1. The number of methoxy groups -OCH3 is 2. The van der Waals surface area contributed by atoms with Crippen LogP contribution in [0.2, 0.25) is 0 Å². The zero-order valence-electron chi connectivity index (χ0n) is 16.8. The maximum Gasteiger partial charge on any atom is 0.263 e. The quantitative estimate of drug-likeness (QED) is 0.657. The summed E-state index contributed by atoms with van der Waals surface area (Å²) in [6, 6.07) is 11.8. The number of aromatic nitrogens is 1. The van der Waals surface area contributed by atoms with Crippen LogP contribution < -0.4 is 14.8 Å². The summed E-state index contributed by atoms with van der Waals surface area (Å²) < 4.78 is 10.6. The van der Waals surface area contributed by atoms with E-state index in [0.717, 1.165) is 27.4 Å². The average Bonchev–Trinajstić information content (AvgIpc) is 3.07. The lowest BCUT2D eigenvalue weighted by Gasteiger charge is -2.11. The zero-order chi connectivity index (χ0) is 20.3. The van der Waals surface area contributed by atoms with Crippen LogP contribution in [0.25, 0.3) is 10.6 Å². The van der Waals surface area contributed by atoms with Gasteiger partial charge < -0.3 is 14.8 Å². The molecule has 146 valence electrons. The maximum atomic E-state index is 12.7. The van der Waals surface area contributed by atoms with Crippen molar-refractivity contribution in [2.45, 2.75) is 27.3 Å². The summed E-state index contributed by atoms with van der Waals surface area (Å²) in [4.78, 5) is 18.0. The number of benzene rings is 2. The van der Waals surface area contributed by atoms with Gasteiger partial charge in [0.1, 0.15) is 21.4 Å².